The van der Waals surface area contributed by atoms with Gasteiger partial charge in [0.1, 0.15) is 6.04 Å². The highest BCUT2D eigenvalue weighted by Crippen LogP contribution is 2.35. The van der Waals surface area contributed by atoms with Gasteiger partial charge in [-0.15, -0.1) is 0 Å². The molecule has 114 valence electrons. The van der Waals surface area contributed by atoms with Crippen LogP contribution >= 0.6 is 0 Å². The predicted octanol–water partition coefficient (Wildman–Crippen LogP) is 1.65. The van der Waals surface area contributed by atoms with Crippen LogP contribution in [-0.2, 0) is 14.3 Å². The lowest BCUT2D eigenvalue weighted by molar-refractivity contribution is -0.322. The van der Waals surface area contributed by atoms with Crippen LogP contribution in [0.2, 0.25) is 0 Å². The maximum atomic E-state index is 12.2. The molecule has 0 amide bonds. The Bertz CT molecular complexity index is 277. The molecule has 0 bridgehead atoms. The van der Waals surface area contributed by atoms with Crippen molar-refractivity contribution in [3.05, 3.63) is 0 Å². The van der Waals surface area contributed by atoms with Crippen LogP contribution in [0.25, 0.3) is 0 Å². The first-order valence-electron chi connectivity index (χ1n) is 5.10. The number of nitrogens with one attached hydrogen (secondary N) is 1. The maximum absolute atomic E-state index is 12.2. The largest absolute Gasteiger partial charge is 0.468 e. The normalized spacial score (nSPS) is 14.6. The van der Waals surface area contributed by atoms with Crippen LogP contribution in [0, 0.1) is 0 Å². The minimum absolute atomic E-state index is 0.145. The number of alkyl halides is 6. The van der Waals surface area contributed by atoms with Crippen LogP contribution in [0.5, 0.6) is 0 Å². The number of rotatable bonds is 6. The molecule has 0 radical (unpaired) electrons. The van der Waals surface area contributed by atoms with Crippen LogP contribution in [0.1, 0.15) is 6.92 Å². The number of ether oxygens (including phenoxy) is 2. The van der Waals surface area contributed by atoms with E-state index in [1.54, 1.807) is 0 Å². The lowest BCUT2D eigenvalue weighted by Gasteiger charge is -2.25. The number of hydrogen-bond donors (Lipinski definition) is 1. The summed E-state index contributed by atoms with van der Waals surface area (Å²) in [4.78, 5) is 11.1. The second-order valence-electron chi connectivity index (χ2n) is 3.43. The van der Waals surface area contributed by atoms with E-state index in [0.29, 0.717) is 0 Å². The zero-order chi connectivity index (χ0) is 15.3. The van der Waals surface area contributed by atoms with Gasteiger partial charge in [0.2, 0.25) is 6.10 Å². The highest BCUT2D eigenvalue weighted by molar-refractivity contribution is 5.75. The smallest absolute Gasteiger partial charge is 0.423 e. The highest BCUT2D eigenvalue weighted by atomic mass is 19.4. The molecule has 1 atom stereocenters. The van der Waals surface area contributed by atoms with Crippen molar-refractivity contribution >= 4 is 5.97 Å². The van der Waals surface area contributed by atoms with Crippen molar-refractivity contribution in [2.75, 3.05) is 20.3 Å². The molecule has 0 aromatic carbocycles. The number of carbonyl (C=O) groups is 1. The molecule has 0 aliphatic heterocycles. The van der Waals surface area contributed by atoms with Gasteiger partial charge in [-0.2, -0.15) is 26.3 Å². The summed E-state index contributed by atoms with van der Waals surface area (Å²) in [5, 5.41) is 2.36. The molecule has 0 fully saturated rings. The van der Waals surface area contributed by atoms with Gasteiger partial charge >= 0.3 is 18.3 Å². The van der Waals surface area contributed by atoms with E-state index in [1.165, 1.54) is 6.92 Å². The summed E-state index contributed by atoms with van der Waals surface area (Å²) in [6.45, 7) is 0.553. The first-order chi connectivity index (χ1) is 8.54. The standard InChI is InChI=1S/C9H13F6NO3/c1-3-16-5(6(17)18-2)4-19-7(8(10,11)12)9(13,14)15/h5,7,16H,3-4H2,1-2H3. The van der Waals surface area contributed by atoms with E-state index < -0.39 is 37.1 Å². The lowest BCUT2D eigenvalue weighted by atomic mass is 10.3. The Labute approximate surface area is 105 Å². The van der Waals surface area contributed by atoms with Crippen molar-refractivity contribution in [3.63, 3.8) is 0 Å². The molecule has 0 aromatic rings. The van der Waals surface area contributed by atoms with Gasteiger partial charge in [-0.05, 0) is 6.54 Å². The second kappa shape index (κ2) is 6.94. The Balaban J connectivity index is 4.74. The average molecular weight is 297 g/mol. The molecular weight excluding hydrogens is 284 g/mol. The van der Waals surface area contributed by atoms with Crippen molar-refractivity contribution in [2.24, 2.45) is 0 Å². The molecule has 0 heterocycles. The number of esters is 1. The Morgan fingerprint density at radius 1 is 1.16 bits per heavy atom. The first-order valence-corrected chi connectivity index (χ1v) is 5.10. The minimum atomic E-state index is -5.61. The Hall–Kier alpha value is -1.03. The van der Waals surface area contributed by atoms with E-state index in [0.717, 1.165) is 7.11 Å². The van der Waals surface area contributed by atoms with Crippen molar-refractivity contribution in [1.82, 2.24) is 5.32 Å². The van der Waals surface area contributed by atoms with Crippen molar-refractivity contribution in [1.29, 1.82) is 0 Å². The van der Waals surface area contributed by atoms with E-state index in [1.807, 2.05) is 0 Å². The molecule has 0 aromatic heterocycles. The fourth-order valence-corrected chi connectivity index (χ4v) is 1.17. The predicted molar refractivity (Wildman–Crippen MR) is 51.3 cm³/mol. The SMILES string of the molecule is CCNC(COC(C(F)(F)F)C(F)(F)F)C(=O)OC. The summed E-state index contributed by atoms with van der Waals surface area (Å²) < 4.78 is 80.9. The first kappa shape index (κ1) is 18.0. The van der Waals surface area contributed by atoms with Gasteiger partial charge < -0.3 is 14.8 Å². The summed E-state index contributed by atoms with van der Waals surface area (Å²) in [6, 6.07) is -1.40. The molecular formula is C9H13F6NO3. The Kier molecular flexibility index (Phi) is 6.57. The summed E-state index contributed by atoms with van der Waals surface area (Å²) in [6.07, 6.45) is -15.2. The molecule has 19 heavy (non-hydrogen) atoms. The molecule has 4 nitrogen and oxygen atoms in total. The zero-order valence-corrected chi connectivity index (χ0v) is 10.1. The Morgan fingerprint density at radius 3 is 1.95 bits per heavy atom. The van der Waals surface area contributed by atoms with Crippen molar-refractivity contribution in [3.8, 4) is 0 Å². The molecule has 0 rings (SSSR count). The van der Waals surface area contributed by atoms with Gasteiger partial charge in [-0.3, -0.25) is 4.79 Å². The molecule has 10 heteroatoms. The zero-order valence-electron chi connectivity index (χ0n) is 10.1. The number of methoxy groups -OCH3 is 1. The number of hydrogen-bond acceptors (Lipinski definition) is 4. The molecule has 0 aliphatic rings. The van der Waals surface area contributed by atoms with Gasteiger partial charge in [0.05, 0.1) is 13.7 Å². The van der Waals surface area contributed by atoms with Crippen LogP contribution < -0.4 is 5.32 Å². The highest BCUT2D eigenvalue weighted by Gasteiger charge is 2.58. The van der Waals surface area contributed by atoms with E-state index >= 15 is 0 Å². The van der Waals surface area contributed by atoms with Crippen LogP contribution in [0.15, 0.2) is 0 Å². The summed E-state index contributed by atoms with van der Waals surface area (Å²) in [5.74, 6) is -1.01. The summed E-state index contributed by atoms with van der Waals surface area (Å²) in [5.41, 5.74) is 0. The van der Waals surface area contributed by atoms with Gasteiger partial charge in [-0.1, -0.05) is 6.92 Å². The van der Waals surface area contributed by atoms with Gasteiger partial charge in [0, 0.05) is 0 Å². The van der Waals surface area contributed by atoms with Crippen molar-refractivity contribution in [2.45, 2.75) is 31.4 Å². The van der Waals surface area contributed by atoms with Crippen LogP contribution in [-0.4, -0.2) is 50.7 Å². The second-order valence-corrected chi connectivity index (χ2v) is 3.43. The third kappa shape index (κ3) is 6.10. The summed E-state index contributed by atoms with van der Waals surface area (Å²) in [7, 11) is 0.956. The monoisotopic (exact) mass is 297 g/mol. The van der Waals surface area contributed by atoms with E-state index in [-0.39, 0.29) is 6.54 Å². The summed E-state index contributed by atoms with van der Waals surface area (Å²) >= 11 is 0. The minimum Gasteiger partial charge on any atom is -0.468 e. The molecule has 1 N–H and O–H groups in total. The average Bonchev–Trinajstić information content (AvgIpc) is 2.23. The Morgan fingerprint density at radius 2 is 1.63 bits per heavy atom. The van der Waals surface area contributed by atoms with Gasteiger partial charge in [0.15, 0.2) is 0 Å². The van der Waals surface area contributed by atoms with Crippen LogP contribution in [0.3, 0.4) is 0 Å². The molecule has 0 saturated heterocycles. The molecule has 1 unspecified atom stereocenters. The molecule has 0 aliphatic carbocycles. The van der Waals surface area contributed by atoms with Crippen LogP contribution in [0.4, 0.5) is 26.3 Å². The molecule has 0 spiro atoms. The number of carbonyl (C=O) groups excluding carboxylic acids is 1. The number of halogens is 6. The van der Waals surface area contributed by atoms with Crippen molar-refractivity contribution < 1.29 is 40.6 Å². The lowest BCUT2D eigenvalue weighted by Crippen LogP contribution is -2.49. The van der Waals surface area contributed by atoms with E-state index in [4.69, 9.17) is 0 Å². The maximum Gasteiger partial charge on any atom is 0.423 e. The van der Waals surface area contributed by atoms with E-state index in [9.17, 15) is 31.1 Å². The third-order valence-corrected chi connectivity index (χ3v) is 1.96. The number of likely N-dealkylation sites (N-methyl/N-ethyl adjacent to an activating group) is 1. The van der Waals surface area contributed by atoms with Gasteiger partial charge in [0.25, 0.3) is 0 Å². The fraction of sp³-hybridized carbons (Fsp3) is 0.889. The third-order valence-electron chi connectivity index (χ3n) is 1.96. The molecule has 0 saturated carbocycles. The fourth-order valence-electron chi connectivity index (χ4n) is 1.17. The van der Waals surface area contributed by atoms with Gasteiger partial charge in [-0.25, -0.2) is 0 Å². The quantitative estimate of drug-likeness (QED) is 0.598. The topological polar surface area (TPSA) is 47.6 Å². The van der Waals surface area contributed by atoms with E-state index in [2.05, 4.69) is 14.8 Å².